The Kier molecular flexibility index (Phi) is 4.52. The van der Waals surface area contributed by atoms with Gasteiger partial charge in [0.05, 0.1) is 18.3 Å². The van der Waals surface area contributed by atoms with Crippen LogP contribution in [0.25, 0.3) is 0 Å². The lowest BCUT2D eigenvalue weighted by atomic mass is 10.0. The second kappa shape index (κ2) is 5.25. The van der Waals surface area contributed by atoms with Crippen molar-refractivity contribution in [1.29, 1.82) is 0 Å². The summed E-state index contributed by atoms with van der Waals surface area (Å²) in [5.41, 5.74) is 5.45. The van der Waals surface area contributed by atoms with E-state index in [9.17, 15) is 0 Å². The van der Waals surface area contributed by atoms with Crippen LogP contribution in [0, 0.1) is 5.92 Å². The third-order valence-electron chi connectivity index (χ3n) is 2.73. The Hall–Kier alpha value is -0.160. The van der Waals surface area contributed by atoms with E-state index in [0.29, 0.717) is 12.5 Å². The molecule has 1 rings (SSSR count). The zero-order chi connectivity index (χ0) is 11.5. The van der Waals surface area contributed by atoms with Gasteiger partial charge in [-0.15, -0.1) is 0 Å². The molecular formula is C11H24N2O2. The van der Waals surface area contributed by atoms with Gasteiger partial charge in [0.15, 0.2) is 0 Å². The Labute approximate surface area is 92.4 Å². The van der Waals surface area contributed by atoms with E-state index in [0.717, 1.165) is 19.6 Å². The predicted octanol–water partition coefficient (Wildman–Crippen LogP) is 0.0529. The fourth-order valence-corrected chi connectivity index (χ4v) is 2.17. The Morgan fingerprint density at radius 1 is 1.60 bits per heavy atom. The highest BCUT2D eigenvalue weighted by Crippen LogP contribution is 2.21. The van der Waals surface area contributed by atoms with Gasteiger partial charge in [0.2, 0.25) is 0 Å². The van der Waals surface area contributed by atoms with Crippen molar-refractivity contribution in [3.05, 3.63) is 0 Å². The van der Waals surface area contributed by atoms with Crippen LogP contribution in [0.5, 0.6) is 0 Å². The Bertz CT molecular complexity index is 195. The van der Waals surface area contributed by atoms with Gasteiger partial charge in [-0.3, -0.25) is 4.90 Å². The maximum atomic E-state index is 9.16. The lowest BCUT2D eigenvalue weighted by Crippen LogP contribution is -2.54. The number of aliphatic hydroxyl groups excluding tert-OH is 1. The molecule has 1 saturated heterocycles. The lowest BCUT2D eigenvalue weighted by Gasteiger charge is -2.43. The van der Waals surface area contributed by atoms with E-state index < -0.39 is 0 Å². The van der Waals surface area contributed by atoms with Crippen LogP contribution in [0.2, 0.25) is 0 Å². The van der Waals surface area contributed by atoms with E-state index in [4.69, 9.17) is 15.6 Å². The zero-order valence-corrected chi connectivity index (χ0v) is 10.1. The number of ether oxygens (including phenoxy) is 1. The molecule has 3 N–H and O–H groups in total. The van der Waals surface area contributed by atoms with Gasteiger partial charge in [0.1, 0.15) is 0 Å². The molecule has 0 aliphatic carbocycles. The van der Waals surface area contributed by atoms with Gasteiger partial charge in [-0.25, -0.2) is 0 Å². The minimum Gasteiger partial charge on any atom is -0.394 e. The van der Waals surface area contributed by atoms with Gasteiger partial charge in [-0.05, 0) is 26.3 Å². The van der Waals surface area contributed by atoms with Crippen molar-refractivity contribution in [2.45, 2.75) is 32.5 Å². The molecule has 4 nitrogen and oxygen atoms in total. The van der Waals surface area contributed by atoms with Crippen molar-refractivity contribution < 1.29 is 9.84 Å². The van der Waals surface area contributed by atoms with Crippen molar-refractivity contribution in [2.24, 2.45) is 11.7 Å². The van der Waals surface area contributed by atoms with Gasteiger partial charge in [-0.2, -0.15) is 0 Å². The molecule has 0 aromatic carbocycles. The highest BCUT2D eigenvalue weighted by atomic mass is 16.5. The van der Waals surface area contributed by atoms with Crippen LogP contribution in [0.15, 0.2) is 0 Å². The van der Waals surface area contributed by atoms with Crippen LogP contribution in [-0.2, 0) is 4.74 Å². The molecule has 1 aliphatic rings. The molecule has 2 atom stereocenters. The van der Waals surface area contributed by atoms with Crippen molar-refractivity contribution in [3.8, 4) is 0 Å². The average molecular weight is 216 g/mol. The van der Waals surface area contributed by atoms with Crippen LogP contribution in [0.3, 0.4) is 0 Å². The topological polar surface area (TPSA) is 58.7 Å². The third-order valence-corrected chi connectivity index (χ3v) is 2.73. The average Bonchev–Trinajstić information content (AvgIpc) is 2.15. The maximum absolute atomic E-state index is 9.16. The first kappa shape index (κ1) is 12.9. The maximum Gasteiger partial charge on any atom is 0.0940 e. The molecule has 0 aromatic rings. The van der Waals surface area contributed by atoms with Crippen molar-refractivity contribution >= 4 is 0 Å². The summed E-state index contributed by atoms with van der Waals surface area (Å²) in [6.45, 7) is 9.79. The molecule has 1 aliphatic heterocycles. The summed E-state index contributed by atoms with van der Waals surface area (Å²) in [7, 11) is 0. The smallest absolute Gasteiger partial charge is 0.0940 e. The summed E-state index contributed by atoms with van der Waals surface area (Å²) < 4.78 is 5.75. The summed E-state index contributed by atoms with van der Waals surface area (Å²) in [4.78, 5) is 2.34. The van der Waals surface area contributed by atoms with Gasteiger partial charge < -0.3 is 15.6 Å². The minimum atomic E-state index is -0.167. The molecule has 0 bridgehead atoms. The molecular weight excluding hydrogens is 192 g/mol. The van der Waals surface area contributed by atoms with Crippen molar-refractivity contribution in [2.75, 3.05) is 32.8 Å². The first-order valence-electron chi connectivity index (χ1n) is 5.68. The summed E-state index contributed by atoms with van der Waals surface area (Å²) >= 11 is 0. The highest BCUT2D eigenvalue weighted by Gasteiger charge is 2.33. The fourth-order valence-electron chi connectivity index (χ4n) is 2.17. The standard InChI is InChI=1S/C11H24N2O2/c1-9(4-12)5-13-6-10(7-14)15-11(2,3)8-13/h9-10,14H,4-8,12H2,1-3H3. The summed E-state index contributed by atoms with van der Waals surface area (Å²) in [6, 6.07) is 0. The molecule has 90 valence electrons. The number of aliphatic hydroxyl groups is 1. The number of morpholine rings is 1. The first-order valence-corrected chi connectivity index (χ1v) is 5.68. The highest BCUT2D eigenvalue weighted by molar-refractivity contribution is 4.84. The Morgan fingerprint density at radius 2 is 2.27 bits per heavy atom. The number of nitrogens with zero attached hydrogens (tertiary/aromatic N) is 1. The molecule has 1 heterocycles. The number of hydrogen-bond donors (Lipinski definition) is 2. The van der Waals surface area contributed by atoms with E-state index in [2.05, 4.69) is 25.7 Å². The molecule has 1 fully saturated rings. The van der Waals surface area contributed by atoms with Gasteiger partial charge in [0.25, 0.3) is 0 Å². The summed E-state index contributed by atoms with van der Waals surface area (Å²) in [5, 5.41) is 9.16. The molecule has 0 spiro atoms. The Morgan fingerprint density at radius 3 is 2.80 bits per heavy atom. The second-order valence-corrected chi connectivity index (χ2v) is 5.22. The SMILES string of the molecule is CC(CN)CN1CC(CO)OC(C)(C)C1. The molecule has 4 heteroatoms. The zero-order valence-electron chi connectivity index (χ0n) is 10.1. The summed E-state index contributed by atoms with van der Waals surface area (Å²) in [5.74, 6) is 0.498. The molecule has 0 aromatic heterocycles. The van der Waals surface area contributed by atoms with Crippen LogP contribution < -0.4 is 5.73 Å². The van der Waals surface area contributed by atoms with Crippen molar-refractivity contribution in [3.63, 3.8) is 0 Å². The fraction of sp³-hybridized carbons (Fsp3) is 1.00. The van der Waals surface area contributed by atoms with Gasteiger partial charge >= 0.3 is 0 Å². The van der Waals surface area contributed by atoms with E-state index in [1.165, 1.54) is 0 Å². The first-order chi connectivity index (χ1) is 6.96. The number of nitrogens with two attached hydrogens (primary N) is 1. The lowest BCUT2D eigenvalue weighted by molar-refractivity contribution is -0.150. The number of hydrogen-bond acceptors (Lipinski definition) is 4. The molecule has 2 unspecified atom stereocenters. The molecule has 15 heavy (non-hydrogen) atoms. The van der Waals surface area contributed by atoms with Crippen LogP contribution in [0.1, 0.15) is 20.8 Å². The van der Waals surface area contributed by atoms with Crippen LogP contribution in [-0.4, -0.2) is 54.5 Å². The van der Waals surface area contributed by atoms with Crippen molar-refractivity contribution in [1.82, 2.24) is 4.90 Å². The summed E-state index contributed by atoms with van der Waals surface area (Å²) in [6.07, 6.45) is -0.0567. The van der Waals surface area contributed by atoms with Crippen LogP contribution >= 0.6 is 0 Å². The van der Waals surface area contributed by atoms with Crippen LogP contribution in [0.4, 0.5) is 0 Å². The molecule has 0 amide bonds. The van der Waals surface area contributed by atoms with Gasteiger partial charge in [0, 0.05) is 19.6 Å². The number of rotatable bonds is 4. The second-order valence-electron chi connectivity index (χ2n) is 5.22. The van der Waals surface area contributed by atoms with E-state index >= 15 is 0 Å². The monoisotopic (exact) mass is 216 g/mol. The van der Waals surface area contributed by atoms with E-state index in [-0.39, 0.29) is 18.3 Å². The molecule has 0 saturated carbocycles. The normalized spacial score (nSPS) is 29.0. The third kappa shape index (κ3) is 4.07. The molecule has 0 radical (unpaired) electrons. The van der Waals surface area contributed by atoms with E-state index in [1.807, 2.05) is 0 Å². The van der Waals surface area contributed by atoms with E-state index in [1.54, 1.807) is 0 Å². The van der Waals surface area contributed by atoms with Gasteiger partial charge in [-0.1, -0.05) is 6.92 Å². The Balaban J connectivity index is 2.50. The predicted molar refractivity (Wildman–Crippen MR) is 60.7 cm³/mol. The minimum absolute atomic E-state index is 0.0567. The quantitative estimate of drug-likeness (QED) is 0.697. The largest absolute Gasteiger partial charge is 0.394 e.